The summed E-state index contributed by atoms with van der Waals surface area (Å²) < 4.78 is 16.1. The van der Waals surface area contributed by atoms with Crippen LogP contribution in [0.5, 0.6) is 0 Å². The van der Waals surface area contributed by atoms with Gasteiger partial charge in [0.25, 0.3) is 0 Å². The van der Waals surface area contributed by atoms with Gasteiger partial charge in [0.15, 0.2) is 0 Å². The zero-order valence-corrected chi connectivity index (χ0v) is 11.6. The Morgan fingerprint density at radius 1 is 1.44 bits per heavy atom. The van der Waals surface area contributed by atoms with Gasteiger partial charge in [-0.05, 0) is 27.7 Å². The van der Waals surface area contributed by atoms with Crippen LogP contribution in [0.2, 0.25) is 0 Å². The minimum Gasteiger partial charge on any atom is -0.460 e. The first-order valence-corrected chi connectivity index (χ1v) is 7.18. The fourth-order valence-corrected chi connectivity index (χ4v) is 2.05. The van der Waals surface area contributed by atoms with Gasteiger partial charge in [0, 0.05) is 35.4 Å². The maximum absolute atomic E-state index is 11.3. The normalized spacial score (nSPS) is 15.6. The molecule has 0 amide bonds. The van der Waals surface area contributed by atoms with E-state index in [9.17, 15) is 9.00 Å². The van der Waals surface area contributed by atoms with Crippen molar-refractivity contribution < 1.29 is 13.7 Å². The Hall–Kier alpha value is -0.420. The first-order chi connectivity index (χ1) is 7.20. The third kappa shape index (κ3) is 10.1. The molecular formula is C11H23NO3S. The van der Waals surface area contributed by atoms with E-state index in [1.54, 1.807) is 6.26 Å². The molecule has 0 bridgehead atoms. The molecule has 0 saturated heterocycles. The monoisotopic (exact) mass is 249 g/mol. The largest absolute Gasteiger partial charge is 0.460 e. The second kappa shape index (κ2) is 7.01. The molecule has 0 fully saturated rings. The summed E-state index contributed by atoms with van der Waals surface area (Å²) in [5.74, 6) is 0.402. The molecule has 96 valence electrons. The number of nitrogens with one attached hydrogen (secondary N) is 1. The molecule has 0 aromatic heterocycles. The van der Waals surface area contributed by atoms with Crippen LogP contribution in [-0.4, -0.2) is 40.4 Å². The van der Waals surface area contributed by atoms with E-state index in [2.05, 4.69) is 5.32 Å². The number of hydrogen-bond acceptors (Lipinski definition) is 4. The van der Waals surface area contributed by atoms with Gasteiger partial charge in [0.1, 0.15) is 5.60 Å². The fourth-order valence-electron chi connectivity index (χ4n) is 1.22. The number of esters is 1. The third-order valence-electron chi connectivity index (χ3n) is 1.73. The highest BCUT2D eigenvalue weighted by Crippen LogP contribution is 2.07. The van der Waals surface area contributed by atoms with Crippen molar-refractivity contribution in [1.29, 1.82) is 0 Å². The molecule has 0 aliphatic carbocycles. The van der Waals surface area contributed by atoms with Crippen LogP contribution >= 0.6 is 0 Å². The van der Waals surface area contributed by atoms with Gasteiger partial charge in [-0.25, -0.2) is 0 Å². The van der Waals surface area contributed by atoms with Crippen molar-refractivity contribution in [2.45, 2.75) is 45.8 Å². The van der Waals surface area contributed by atoms with Gasteiger partial charge in [-0.2, -0.15) is 0 Å². The lowest BCUT2D eigenvalue weighted by molar-refractivity contribution is -0.154. The summed E-state index contributed by atoms with van der Waals surface area (Å²) in [4.78, 5) is 11.3. The predicted molar refractivity (Wildman–Crippen MR) is 66.9 cm³/mol. The van der Waals surface area contributed by atoms with Gasteiger partial charge in [-0.1, -0.05) is 0 Å². The van der Waals surface area contributed by atoms with E-state index >= 15 is 0 Å². The first kappa shape index (κ1) is 15.6. The Balaban J connectivity index is 3.66. The maximum Gasteiger partial charge on any atom is 0.307 e. The molecule has 0 saturated carbocycles. The lowest BCUT2D eigenvalue weighted by Crippen LogP contribution is -2.33. The van der Waals surface area contributed by atoms with Gasteiger partial charge in [0.2, 0.25) is 0 Å². The summed E-state index contributed by atoms with van der Waals surface area (Å²) in [7, 11) is -0.804. The lowest BCUT2D eigenvalue weighted by Gasteiger charge is -2.20. The smallest absolute Gasteiger partial charge is 0.307 e. The quantitative estimate of drug-likeness (QED) is 0.716. The average Bonchev–Trinajstić information content (AvgIpc) is 1.98. The molecule has 0 aromatic carbocycles. The molecule has 5 heteroatoms. The van der Waals surface area contributed by atoms with E-state index in [4.69, 9.17) is 4.74 Å². The highest BCUT2D eigenvalue weighted by Gasteiger charge is 2.15. The van der Waals surface area contributed by atoms with Gasteiger partial charge in [-0.3, -0.25) is 9.00 Å². The summed E-state index contributed by atoms with van der Waals surface area (Å²) in [6, 6.07) is 0.160. The fraction of sp³-hybridized carbons (Fsp3) is 0.909. The van der Waals surface area contributed by atoms with Gasteiger partial charge in [0.05, 0.1) is 6.42 Å². The molecule has 0 aliphatic rings. The van der Waals surface area contributed by atoms with E-state index in [0.29, 0.717) is 18.7 Å². The van der Waals surface area contributed by atoms with Crippen molar-refractivity contribution in [1.82, 2.24) is 5.32 Å². The second-order valence-electron chi connectivity index (χ2n) is 4.93. The van der Waals surface area contributed by atoms with Crippen molar-refractivity contribution >= 4 is 16.8 Å². The van der Waals surface area contributed by atoms with Crippen molar-refractivity contribution in [3.05, 3.63) is 0 Å². The molecule has 2 atom stereocenters. The average molecular weight is 249 g/mol. The number of rotatable bonds is 6. The first-order valence-electron chi connectivity index (χ1n) is 5.46. The SMILES string of the molecule is CC(CS(C)=O)NCCC(=O)OC(C)(C)C. The molecule has 0 aliphatic heterocycles. The van der Waals surface area contributed by atoms with Crippen LogP contribution in [-0.2, 0) is 20.3 Å². The Kier molecular flexibility index (Phi) is 6.83. The molecule has 1 N–H and O–H groups in total. The highest BCUT2D eigenvalue weighted by molar-refractivity contribution is 7.84. The van der Waals surface area contributed by atoms with Crippen molar-refractivity contribution in [2.75, 3.05) is 18.6 Å². The third-order valence-corrected chi connectivity index (χ3v) is 2.70. The van der Waals surface area contributed by atoms with E-state index in [-0.39, 0.29) is 12.0 Å². The summed E-state index contributed by atoms with van der Waals surface area (Å²) >= 11 is 0. The number of hydrogen-bond donors (Lipinski definition) is 1. The minimum atomic E-state index is -0.804. The summed E-state index contributed by atoms with van der Waals surface area (Å²) in [6.07, 6.45) is 2.02. The van der Waals surface area contributed by atoms with E-state index in [0.717, 1.165) is 0 Å². The molecule has 0 rings (SSSR count). The molecule has 4 nitrogen and oxygen atoms in total. The number of ether oxygens (including phenoxy) is 1. The van der Waals surface area contributed by atoms with Crippen LogP contribution in [0.25, 0.3) is 0 Å². The molecule has 0 aromatic rings. The molecule has 2 unspecified atom stereocenters. The van der Waals surface area contributed by atoms with Gasteiger partial charge in [-0.15, -0.1) is 0 Å². The number of carbonyl (C=O) groups is 1. The van der Waals surface area contributed by atoms with Crippen LogP contribution in [0.15, 0.2) is 0 Å². The van der Waals surface area contributed by atoms with Crippen molar-refractivity contribution in [3.8, 4) is 0 Å². The molecule has 0 heterocycles. The molecule has 0 spiro atoms. The Labute approximate surface area is 101 Å². The zero-order valence-electron chi connectivity index (χ0n) is 10.8. The molecular weight excluding hydrogens is 226 g/mol. The van der Waals surface area contributed by atoms with Crippen LogP contribution in [0, 0.1) is 0 Å². The van der Waals surface area contributed by atoms with Crippen molar-refractivity contribution in [2.24, 2.45) is 0 Å². The zero-order chi connectivity index (χ0) is 12.8. The molecule has 0 radical (unpaired) electrons. The predicted octanol–water partition coefficient (Wildman–Crippen LogP) is 1.07. The van der Waals surface area contributed by atoms with Crippen LogP contribution < -0.4 is 5.32 Å². The lowest BCUT2D eigenvalue weighted by atomic mass is 10.2. The minimum absolute atomic E-state index is 0.160. The van der Waals surface area contributed by atoms with Gasteiger partial charge >= 0.3 is 5.97 Å². The summed E-state index contributed by atoms with van der Waals surface area (Å²) in [5.41, 5.74) is -0.423. The second-order valence-corrected chi connectivity index (χ2v) is 6.41. The topological polar surface area (TPSA) is 55.4 Å². The van der Waals surface area contributed by atoms with Crippen LogP contribution in [0.1, 0.15) is 34.1 Å². The highest BCUT2D eigenvalue weighted by atomic mass is 32.2. The van der Waals surface area contributed by atoms with Crippen molar-refractivity contribution in [3.63, 3.8) is 0 Å². The van der Waals surface area contributed by atoms with E-state index in [1.807, 2.05) is 27.7 Å². The molecule has 16 heavy (non-hydrogen) atoms. The van der Waals surface area contributed by atoms with Gasteiger partial charge < -0.3 is 10.1 Å². The van der Waals surface area contributed by atoms with Crippen LogP contribution in [0.3, 0.4) is 0 Å². The Morgan fingerprint density at radius 3 is 2.44 bits per heavy atom. The van der Waals surface area contributed by atoms with Crippen LogP contribution in [0.4, 0.5) is 0 Å². The summed E-state index contributed by atoms with van der Waals surface area (Å²) in [6.45, 7) is 8.06. The van der Waals surface area contributed by atoms with E-state index in [1.165, 1.54) is 0 Å². The number of carbonyl (C=O) groups excluding carboxylic acids is 1. The Bertz CT molecular complexity index is 248. The standard InChI is InChI=1S/C11H23NO3S/c1-9(8-16(5)14)12-7-6-10(13)15-11(2,3)4/h9,12H,6-8H2,1-5H3. The summed E-state index contributed by atoms with van der Waals surface area (Å²) in [5, 5.41) is 3.14. The van der Waals surface area contributed by atoms with E-state index < -0.39 is 16.4 Å². The Morgan fingerprint density at radius 2 is 2.00 bits per heavy atom. The maximum atomic E-state index is 11.3.